The van der Waals surface area contributed by atoms with Gasteiger partial charge in [0.15, 0.2) is 0 Å². The molecule has 0 saturated heterocycles. The molecule has 1 N–H and O–H groups in total. The molecular formula is C18H14N2OS. The highest BCUT2D eigenvalue weighted by molar-refractivity contribution is 7.21. The summed E-state index contributed by atoms with van der Waals surface area (Å²) in [5, 5.41) is 13.0. The van der Waals surface area contributed by atoms with Crippen molar-refractivity contribution >= 4 is 27.3 Å². The molecule has 22 heavy (non-hydrogen) atoms. The third-order valence-corrected chi connectivity index (χ3v) is 4.83. The number of carbonyl (C=O) groups excluding carboxylic acids is 1. The van der Waals surface area contributed by atoms with Gasteiger partial charge in [-0.2, -0.15) is 5.26 Å². The number of nitriles is 1. The van der Waals surface area contributed by atoms with E-state index in [4.69, 9.17) is 5.26 Å². The minimum Gasteiger partial charge on any atom is -0.347 e. The largest absolute Gasteiger partial charge is 0.347 e. The van der Waals surface area contributed by atoms with Crippen molar-refractivity contribution in [2.24, 2.45) is 0 Å². The Morgan fingerprint density at radius 3 is 2.82 bits per heavy atom. The Hall–Kier alpha value is -2.64. The van der Waals surface area contributed by atoms with Gasteiger partial charge in [0.05, 0.1) is 16.5 Å². The molecule has 0 atom stereocenters. The van der Waals surface area contributed by atoms with E-state index in [2.05, 4.69) is 11.4 Å². The highest BCUT2D eigenvalue weighted by Crippen LogP contribution is 2.30. The second kappa shape index (κ2) is 6.00. The van der Waals surface area contributed by atoms with Crippen LogP contribution in [0.25, 0.3) is 10.1 Å². The van der Waals surface area contributed by atoms with Gasteiger partial charge in [0.25, 0.3) is 5.91 Å². The van der Waals surface area contributed by atoms with Crippen molar-refractivity contribution < 1.29 is 4.79 Å². The van der Waals surface area contributed by atoms with E-state index in [9.17, 15) is 4.79 Å². The second-order valence-electron chi connectivity index (χ2n) is 5.05. The summed E-state index contributed by atoms with van der Waals surface area (Å²) in [5.74, 6) is -0.0685. The van der Waals surface area contributed by atoms with Crippen LogP contribution in [0.3, 0.4) is 0 Å². The molecule has 0 fully saturated rings. The fourth-order valence-electron chi connectivity index (χ4n) is 2.40. The number of amides is 1. The molecule has 3 aromatic rings. The highest BCUT2D eigenvalue weighted by atomic mass is 32.1. The van der Waals surface area contributed by atoms with E-state index in [-0.39, 0.29) is 5.91 Å². The van der Waals surface area contributed by atoms with E-state index < -0.39 is 0 Å². The van der Waals surface area contributed by atoms with Crippen LogP contribution in [-0.2, 0) is 6.54 Å². The predicted octanol–water partition coefficient (Wildman–Crippen LogP) is 4.01. The second-order valence-corrected chi connectivity index (χ2v) is 6.10. The van der Waals surface area contributed by atoms with Gasteiger partial charge in [-0.05, 0) is 41.6 Å². The lowest BCUT2D eigenvalue weighted by Crippen LogP contribution is -2.22. The SMILES string of the molecule is Cc1c(C(=O)NCc2cccc(C#N)c2)sc2ccccc12. The van der Waals surface area contributed by atoms with E-state index in [1.54, 1.807) is 12.1 Å². The summed E-state index contributed by atoms with van der Waals surface area (Å²) in [6.45, 7) is 2.39. The number of rotatable bonds is 3. The first-order chi connectivity index (χ1) is 10.7. The molecule has 0 spiro atoms. The summed E-state index contributed by atoms with van der Waals surface area (Å²) in [5.41, 5.74) is 2.54. The molecule has 4 heteroatoms. The Labute approximate surface area is 132 Å². The number of benzene rings is 2. The normalized spacial score (nSPS) is 10.4. The summed E-state index contributed by atoms with van der Waals surface area (Å²) in [6, 6.07) is 17.4. The lowest BCUT2D eigenvalue weighted by atomic mass is 10.1. The lowest BCUT2D eigenvalue weighted by molar-refractivity contribution is 0.0954. The third kappa shape index (κ3) is 2.72. The van der Waals surface area contributed by atoms with Crippen LogP contribution >= 0.6 is 11.3 Å². The maximum absolute atomic E-state index is 12.4. The molecule has 0 bridgehead atoms. The molecule has 0 radical (unpaired) electrons. The maximum atomic E-state index is 12.4. The summed E-state index contributed by atoms with van der Waals surface area (Å²) in [6.07, 6.45) is 0. The van der Waals surface area contributed by atoms with Crippen LogP contribution in [0.2, 0.25) is 0 Å². The van der Waals surface area contributed by atoms with Crippen molar-refractivity contribution in [2.45, 2.75) is 13.5 Å². The topological polar surface area (TPSA) is 52.9 Å². The molecule has 0 aliphatic heterocycles. The monoisotopic (exact) mass is 306 g/mol. The van der Waals surface area contributed by atoms with Crippen molar-refractivity contribution in [3.63, 3.8) is 0 Å². The quantitative estimate of drug-likeness (QED) is 0.795. The zero-order valence-electron chi connectivity index (χ0n) is 12.1. The minimum absolute atomic E-state index is 0.0685. The maximum Gasteiger partial charge on any atom is 0.261 e. The van der Waals surface area contributed by atoms with Crippen LogP contribution in [-0.4, -0.2) is 5.91 Å². The first-order valence-electron chi connectivity index (χ1n) is 6.94. The lowest BCUT2D eigenvalue weighted by Gasteiger charge is -2.05. The van der Waals surface area contributed by atoms with Crippen LogP contribution in [0.1, 0.15) is 26.4 Å². The van der Waals surface area contributed by atoms with Crippen molar-refractivity contribution in [1.29, 1.82) is 5.26 Å². The van der Waals surface area contributed by atoms with Crippen molar-refractivity contribution in [2.75, 3.05) is 0 Å². The Kier molecular flexibility index (Phi) is 3.90. The number of nitrogens with one attached hydrogen (secondary N) is 1. The zero-order chi connectivity index (χ0) is 15.5. The van der Waals surface area contributed by atoms with Crippen LogP contribution in [0.5, 0.6) is 0 Å². The molecule has 0 saturated carbocycles. The number of carbonyl (C=O) groups is 1. The number of hydrogen-bond acceptors (Lipinski definition) is 3. The smallest absolute Gasteiger partial charge is 0.261 e. The van der Waals surface area contributed by atoms with E-state index in [1.165, 1.54) is 11.3 Å². The summed E-state index contributed by atoms with van der Waals surface area (Å²) < 4.78 is 1.12. The standard InChI is InChI=1S/C18H14N2OS/c1-12-15-7-2-3-8-16(15)22-17(12)18(21)20-11-14-6-4-5-13(9-14)10-19/h2-9H,11H2,1H3,(H,20,21). The van der Waals surface area contributed by atoms with Gasteiger partial charge >= 0.3 is 0 Å². The zero-order valence-corrected chi connectivity index (χ0v) is 12.9. The van der Waals surface area contributed by atoms with Crippen LogP contribution in [0, 0.1) is 18.3 Å². The Balaban J connectivity index is 1.79. The van der Waals surface area contributed by atoms with Crippen LogP contribution < -0.4 is 5.32 Å². The number of thiophene rings is 1. The fraction of sp³-hybridized carbons (Fsp3) is 0.111. The molecule has 0 aliphatic rings. The van der Waals surface area contributed by atoms with Crippen LogP contribution in [0.4, 0.5) is 0 Å². The van der Waals surface area contributed by atoms with Crippen molar-refractivity contribution in [3.05, 3.63) is 70.1 Å². The Morgan fingerprint density at radius 1 is 1.23 bits per heavy atom. The van der Waals surface area contributed by atoms with Gasteiger partial charge in [0, 0.05) is 11.2 Å². The van der Waals surface area contributed by atoms with Gasteiger partial charge in [-0.15, -0.1) is 11.3 Å². The van der Waals surface area contributed by atoms with Gasteiger partial charge in [0.2, 0.25) is 0 Å². The van der Waals surface area contributed by atoms with E-state index in [0.717, 1.165) is 26.1 Å². The minimum atomic E-state index is -0.0685. The Bertz CT molecular complexity index is 889. The first kappa shape index (κ1) is 14.3. The summed E-state index contributed by atoms with van der Waals surface area (Å²) in [7, 11) is 0. The molecule has 3 rings (SSSR count). The van der Waals surface area contributed by atoms with Gasteiger partial charge in [-0.1, -0.05) is 30.3 Å². The molecule has 1 amide bonds. The average molecular weight is 306 g/mol. The number of aryl methyl sites for hydroxylation is 1. The van der Waals surface area contributed by atoms with Gasteiger partial charge in [-0.25, -0.2) is 0 Å². The van der Waals surface area contributed by atoms with E-state index >= 15 is 0 Å². The molecule has 3 nitrogen and oxygen atoms in total. The fourth-order valence-corrected chi connectivity index (χ4v) is 3.53. The number of fused-ring (bicyclic) bond motifs is 1. The van der Waals surface area contributed by atoms with Gasteiger partial charge in [-0.3, -0.25) is 4.79 Å². The summed E-state index contributed by atoms with van der Waals surface area (Å²) in [4.78, 5) is 13.1. The molecule has 2 aromatic carbocycles. The third-order valence-electron chi connectivity index (χ3n) is 3.56. The average Bonchev–Trinajstić information content (AvgIpc) is 2.90. The van der Waals surface area contributed by atoms with Gasteiger partial charge < -0.3 is 5.32 Å². The van der Waals surface area contributed by atoms with E-state index in [0.29, 0.717) is 12.1 Å². The van der Waals surface area contributed by atoms with E-state index in [1.807, 2.05) is 43.3 Å². The van der Waals surface area contributed by atoms with Crippen molar-refractivity contribution in [3.8, 4) is 6.07 Å². The summed E-state index contributed by atoms with van der Waals surface area (Å²) >= 11 is 1.51. The molecule has 0 unspecified atom stereocenters. The molecule has 0 aliphatic carbocycles. The molecule has 1 aromatic heterocycles. The van der Waals surface area contributed by atoms with Crippen LogP contribution in [0.15, 0.2) is 48.5 Å². The van der Waals surface area contributed by atoms with Crippen molar-refractivity contribution in [1.82, 2.24) is 5.32 Å². The molecule has 1 heterocycles. The molecule has 108 valence electrons. The Morgan fingerprint density at radius 2 is 2.05 bits per heavy atom. The highest BCUT2D eigenvalue weighted by Gasteiger charge is 2.14. The number of nitrogens with zero attached hydrogens (tertiary/aromatic N) is 1. The first-order valence-corrected chi connectivity index (χ1v) is 7.76. The molecular weight excluding hydrogens is 292 g/mol. The predicted molar refractivity (Wildman–Crippen MR) is 88.9 cm³/mol. The van der Waals surface area contributed by atoms with Gasteiger partial charge in [0.1, 0.15) is 0 Å². The number of hydrogen-bond donors (Lipinski definition) is 1.